The molecule has 0 radical (unpaired) electrons. The number of hydrogen-bond acceptors (Lipinski definition) is 6. The van der Waals surface area contributed by atoms with Gasteiger partial charge in [0.25, 0.3) is 5.91 Å². The van der Waals surface area contributed by atoms with Crippen molar-refractivity contribution in [3.63, 3.8) is 0 Å². The summed E-state index contributed by atoms with van der Waals surface area (Å²) in [5.74, 6) is 0.500. The van der Waals surface area contributed by atoms with Crippen LogP contribution >= 0.6 is 0 Å². The molecule has 1 aliphatic heterocycles. The Bertz CT molecular complexity index is 1740. The SMILES string of the molecule is CCCC(CCC)c1c2n(c3cc(C(=O)NS(=O)(=O)N(C)C)ccc13)CC1(C(=O)N(C)CCN(C)C)CC1c1cc(OC)ccc1-2. The zero-order valence-corrected chi connectivity index (χ0v) is 29.3. The van der Waals surface area contributed by atoms with E-state index in [-0.39, 0.29) is 23.3 Å². The molecular weight excluding hydrogens is 602 g/mol. The average Bonchev–Trinajstić information content (AvgIpc) is 3.68. The lowest BCUT2D eigenvalue weighted by Crippen LogP contribution is -2.40. The zero-order chi connectivity index (χ0) is 33.6. The lowest BCUT2D eigenvalue weighted by atomic mass is 9.85. The third-order valence-electron chi connectivity index (χ3n) is 9.81. The average molecular weight is 652 g/mol. The van der Waals surface area contributed by atoms with E-state index >= 15 is 0 Å². The van der Waals surface area contributed by atoms with Crippen molar-refractivity contribution in [3.05, 3.63) is 53.1 Å². The van der Waals surface area contributed by atoms with Gasteiger partial charge in [0.05, 0.1) is 18.2 Å². The highest BCUT2D eigenvalue weighted by Gasteiger charge is 2.63. The number of hydrogen-bond donors (Lipinski definition) is 1. The summed E-state index contributed by atoms with van der Waals surface area (Å²) in [6, 6.07) is 11.7. The predicted octanol–water partition coefficient (Wildman–Crippen LogP) is 5.04. The second-order valence-electron chi connectivity index (χ2n) is 13.5. The van der Waals surface area contributed by atoms with Gasteiger partial charge >= 0.3 is 10.2 Å². The number of aromatic nitrogens is 1. The topological polar surface area (TPSA) is 104 Å². The summed E-state index contributed by atoms with van der Waals surface area (Å²) < 4.78 is 36.2. The fraction of sp³-hybridized carbons (Fsp3) is 0.543. The maximum absolute atomic E-state index is 14.4. The van der Waals surface area contributed by atoms with Crippen LogP contribution < -0.4 is 9.46 Å². The third-order valence-corrected chi connectivity index (χ3v) is 11.2. The summed E-state index contributed by atoms with van der Waals surface area (Å²) in [4.78, 5) is 31.7. The molecule has 1 N–H and O–H groups in total. The van der Waals surface area contributed by atoms with Crippen molar-refractivity contribution in [2.45, 2.75) is 64.3 Å². The van der Waals surface area contributed by atoms with Crippen molar-refractivity contribution in [2.24, 2.45) is 5.41 Å². The molecule has 1 aromatic heterocycles. The lowest BCUT2D eigenvalue weighted by molar-refractivity contribution is -0.136. The summed E-state index contributed by atoms with van der Waals surface area (Å²) in [6.45, 7) is 6.27. The number of likely N-dealkylation sites (N-methyl/N-ethyl adjacent to an activating group) is 2. The van der Waals surface area contributed by atoms with Crippen LogP contribution in [0.3, 0.4) is 0 Å². The Kier molecular flexibility index (Phi) is 9.59. The van der Waals surface area contributed by atoms with Crippen LogP contribution in [0.25, 0.3) is 22.2 Å². The molecule has 11 heteroatoms. The van der Waals surface area contributed by atoms with Gasteiger partial charge in [-0.1, -0.05) is 32.8 Å². The van der Waals surface area contributed by atoms with Crippen molar-refractivity contribution in [3.8, 4) is 17.0 Å². The molecule has 2 amide bonds. The first-order valence-corrected chi connectivity index (χ1v) is 17.7. The van der Waals surface area contributed by atoms with Gasteiger partial charge in [-0.2, -0.15) is 12.7 Å². The Morgan fingerprint density at radius 1 is 1.02 bits per heavy atom. The molecule has 1 fully saturated rings. The maximum Gasteiger partial charge on any atom is 0.303 e. The Morgan fingerprint density at radius 2 is 1.72 bits per heavy atom. The van der Waals surface area contributed by atoms with Gasteiger partial charge in [-0.15, -0.1) is 0 Å². The molecule has 2 unspecified atom stereocenters. The summed E-state index contributed by atoms with van der Waals surface area (Å²) in [7, 11) is 6.35. The number of carbonyl (C=O) groups is 2. The molecule has 0 bridgehead atoms. The minimum Gasteiger partial charge on any atom is -0.497 e. The first kappa shape index (κ1) is 33.9. The van der Waals surface area contributed by atoms with Crippen LogP contribution in [-0.2, 0) is 21.5 Å². The van der Waals surface area contributed by atoms with Gasteiger partial charge in [-0.3, -0.25) is 9.59 Å². The van der Waals surface area contributed by atoms with Crippen LogP contribution in [0.2, 0.25) is 0 Å². The fourth-order valence-electron chi connectivity index (χ4n) is 7.26. The van der Waals surface area contributed by atoms with Crippen LogP contribution in [0, 0.1) is 5.41 Å². The molecule has 0 spiro atoms. The Balaban J connectivity index is 1.76. The number of nitrogens with one attached hydrogen (secondary N) is 1. The number of nitrogens with zero attached hydrogens (tertiary/aromatic N) is 4. The van der Waals surface area contributed by atoms with Gasteiger partial charge in [0, 0.05) is 68.7 Å². The van der Waals surface area contributed by atoms with E-state index in [0.29, 0.717) is 13.1 Å². The van der Waals surface area contributed by atoms with Gasteiger partial charge in [0.1, 0.15) is 5.75 Å². The van der Waals surface area contributed by atoms with Crippen LogP contribution in [0.1, 0.15) is 79.3 Å². The largest absolute Gasteiger partial charge is 0.497 e. The van der Waals surface area contributed by atoms with Crippen molar-refractivity contribution in [2.75, 3.05) is 55.4 Å². The van der Waals surface area contributed by atoms with Crippen LogP contribution in [0.5, 0.6) is 5.75 Å². The molecule has 2 aromatic carbocycles. The smallest absolute Gasteiger partial charge is 0.303 e. The van der Waals surface area contributed by atoms with Gasteiger partial charge in [-0.25, -0.2) is 4.72 Å². The first-order valence-electron chi connectivity index (χ1n) is 16.3. The number of ether oxygens (including phenoxy) is 1. The second-order valence-corrected chi connectivity index (χ2v) is 15.4. The Hall–Kier alpha value is -3.41. The number of rotatable bonds is 13. The summed E-state index contributed by atoms with van der Waals surface area (Å²) in [6.07, 6.45) is 4.79. The van der Waals surface area contributed by atoms with E-state index in [0.717, 1.165) is 76.4 Å². The van der Waals surface area contributed by atoms with E-state index in [9.17, 15) is 18.0 Å². The minimum atomic E-state index is -3.97. The third kappa shape index (κ3) is 6.04. The lowest BCUT2D eigenvalue weighted by Gasteiger charge is -2.26. The van der Waals surface area contributed by atoms with Crippen LogP contribution in [0.4, 0.5) is 0 Å². The molecule has 0 saturated heterocycles. The van der Waals surface area contributed by atoms with Crippen LogP contribution in [-0.4, -0.2) is 94.3 Å². The number of fused-ring (bicyclic) bond motifs is 7. The molecular formula is C35H49N5O5S. The second kappa shape index (κ2) is 13.0. The summed E-state index contributed by atoms with van der Waals surface area (Å²) in [5, 5.41) is 1.04. The highest BCUT2D eigenvalue weighted by Crippen LogP contribution is 2.66. The van der Waals surface area contributed by atoms with Gasteiger partial charge in [-0.05, 0) is 80.7 Å². The van der Waals surface area contributed by atoms with Crippen molar-refractivity contribution < 1.29 is 22.7 Å². The summed E-state index contributed by atoms with van der Waals surface area (Å²) in [5.41, 5.74) is 5.00. The molecule has 2 aliphatic rings. The first-order chi connectivity index (χ1) is 21.8. The number of benzene rings is 2. The van der Waals surface area contributed by atoms with Gasteiger partial charge in [0.2, 0.25) is 5.91 Å². The molecule has 1 aliphatic carbocycles. The van der Waals surface area contributed by atoms with E-state index in [4.69, 9.17) is 4.74 Å². The quantitative estimate of drug-likeness (QED) is 0.278. The van der Waals surface area contributed by atoms with E-state index in [1.54, 1.807) is 19.2 Å². The molecule has 3 aromatic rings. The molecule has 5 rings (SSSR count). The molecule has 250 valence electrons. The molecule has 2 atom stereocenters. The fourth-order valence-corrected chi connectivity index (χ4v) is 7.79. The van der Waals surface area contributed by atoms with E-state index in [1.165, 1.54) is 19.7 Å². The van der Waals surface area contributed by atoms with Gasteiger partial charge in [0.15, 0.2) is 0 Å². The minimum absolute atomic E-state index is 0.0298. The standard InChI is InChI=1S/C35H49N5O5S/c1-9-11-23(12-10-2)31-27-15-13-24(33(41)36-46(43,44)38(5)6)19-30(27)40-22-35(34(42)39(7)18-17-37(3)4)21-29(35)28-20-25(45-8)14-16-26(28)32(31)40/h13-16,19-20,23,29H,9-12,17-18,21-22H2,1-8H3,(H,36,41). The molecule has 2 heterocycles. The molecule has 46 heavy (non-hydrogen) atoms. The zero-order valence-electron chi connectivity index (χ0n) is 28.5. The monoisotopic (exact) mass is 651 g/mol. The molecule has 1 saturated carbocycles. The number of carbonyl (C=O) groups excluding carboxylic acids is 2. The summed E-state index contributed by atoms with van der Waals surface area (Å²) >= 11 is 0. The normalized spacial score (nSPS) is 18.7. The Labute approximate surface area is 273 Å². The van der Waals surface area contributed by atoms with Crippen molar-refractivity contribution >= 4 is 32.9 Å². The predicted molar refractivity (Wildman–Crippen MR) is 183 cm³/mol. The number of methoxy groups -OCH3 is 1. The van der Waals surface area contributed by atoms with Crippen molar-refractivity contribution in [1.29, 1.82) is 0 Å². The highest BCUT2D eigenvalue weighted by molar-refractivity contribution is 7.87. The van der Waals surface area contributed by atoms with E-state index in [1.807, 2.05) is 38.2 Å². The van der Waals surface area contributed by atoms with Crippen LogP contribution in [0.15, 0.2) is 36.4 Å². The van der Waals surface area contributed by atoms with Crippen molar-refractivity contribution in [1.82, 2.24) is 23.4 Å². The van der Waals surface area contributed by atoms with Gasteiger partial charge < -0.3 is 19.1 Å². The molecule has 10 nitrogen and oxygen atoms in total. The van der Waals surface area contributed by atoms with E-state index in [2.05, 4.69) is 40.2 Å². The Morgan fingerprint density at radius 3 is 2.33 bits per heavy atom. The number of amides is 2. The highest BCUT2D eigenvalue weighted by atomic mass is 32.2. The van der Waals surface area contributed by atoms with E-state index < -0.39 is 21.5 Å². The maximum atomic E-state index is 14.4.